The van der Waals surface area contributed by atoms with Crippen LogP contribution >= 0.6 is 11.3 Å². The molecule has 0 aromatic carbocycles. The highest BCUT2D eigenvalue weighted by Gasteiger charge is 2.23. The molecule has 1 aliphatic heterocycles. The molecule has 19 heavy (non-hydrogen) atoms. The van der Waals surface area contributed by atoms with Gasteiger partial charge in [0.15, 0.2) is 0 Å². The van der Waals surface area contributed by atoms with E-state index in [1.54, 1.807) is 11.3 Å². The van der Waals surface area contributed by atoms with Crippen LogP contribution < -0.4 is 11.1 Å². The summed E-state index contributed by atoms with van der Waals surface area (Å²) in [5.41, 5.74) is 6.62. The van der Waals surface area contributed by atoms with Crippen molar-refractivity contribution in [2.75, 3.05) is 13.1 Å². The molecule has 1 fully saturated rings. The average Bonchev–Trinajstić information content (AvgIpc) is 2.89. The molecule has 1 atom stereocenters. The maximum atomic E-state index is 10.9. The predicted molar refractivity (Wildman–Crippen MR) is 79.0 cm³/mol. The van der Waals surface area contributed by atoms with E-state index < -0.39 is 0 Å². The van der Waals surface area contributed by atoms with E-state index in [-0.39, 0.29) is 11.9 Å². The first kappa shape index (κ1) is 14.5. The summed E-state index contributed by atoms with van der Waals surface area (Å²) in [6.07, 6.45) is 2.76. The number of piperidine rings is 1. The minimum Gasteiger partial charge on any atom is -0.370 e. The maximum Gasteiger partial charge on any atom is 0.218 e. The third kappa shape index (κ3) is 4.60. The summed E-state index contributed by atoms with van der Waals surface area (Å²) in [5, 5.41) is 7.92. The Morgan fingerprint density at radius 3 is 2.89 bits per heavy atom. The molecule has 4 nitrogen and oxygen atoms in total. The van der Waals surface area contributed by atoms with Crippen molar-refractivity contribution in [2.45, 2.75) is 44.8 Å². The number of nitrogens with zero attached hydrogens (tertiary/aromatic N) is 1. The number of nitrogens with two attached hydrogens (primary N) is 1. The van der Waals surface area contributed by atoms with Crippen LogP contribution in [0.25, 0.3) is 0 Å². The lowest BCUT2D eigenvalue weighted by molar-refractivity contribution is -0.119. The molecule has 1 aromatic heterocycles. The summed E-state index contributed by atoms with van der Waals surface area (Å²) < 4.78 is 0. The molecule has 0 aliphatic carbocycles. The summed E-state index contributed by atoms with van der Waals surface area (Å²) >= 11 is 1.74. The van der Waals surface area contributed by atoms with Gasteiger partial charge in [0, 0.05) is 25.0 Å². The first-order chi connectivity index (χ1) is 9.15. The Morgan fingerprint density at radius 2 is 2.32 bits per heavy atom. The van der Waals surface area contributed by atoms with Crippen LogP contribution in [0.2, 0.25) is 0 Å². The standard InChI is InChI=1S/C14H23N3OS/c1-11(8-14(15)18)17-5-2-13(3-6-17)16-9-12-4-7-19-10-12/h4,7,10-11,13,16H,2-3,5-6,8-9H2,1H3,(H2,15,18)/t11-/m1/s1. The second-order valence-corrected chi connectivity index (χ2v) is 6.12. The van der Waals surface area contributed by atoms with E-state index in [9.17, 15) is 4.79 Å². The zero-order valence-electron chi connectivity index (χ0n) is 11.5. The molecule has 3 N–H and O–H groups in total. The van der Waals surface area contributed by atoms with E-state index in [2.05, 4.69) is 34.0 Å². The fourth-order valence-electron chi connectivity index (χ4n) is 2.62. The monoisotopic (exact) mass is 281 g/mol. The van der Waals surface area contributed by atoms with Crippen LogP contribution in [-0.4, -0.2) is 36.0 Å². The second-order valence-electron chi connectivity index (χ2n) is 5.34. The van der Waals surface area contributed by atoms with Crippen LogP contribution in [0.4, 0.5) is 0 Å². The van der Waals surface area contributed by atoms with Gasteiger partial charge in [-0.1, -0.05) is 0 Å². The minimum atomic E-state index is -0.204. The average molecular weight is 281 g/mol. The Hall–Kier alpha value is -0.910. The van der Waals surface area contributed by atoms with Gasteiger partial charge < -0.3 is 16.0 Å². The topological polar surface area (TPSA) is 58.4 Å². The van der Waals surface area contributed by atoms with E-state index in [1.807, 2.05) is 0 Å². The van der Waals surface area contributed by atoms with Crippen molar-refractivity contribution in [1.82, 2.24) is 10.2 Å². The lowest BCUT2D eigenvalue weighted by Crippen LogP contribution is -2.46. The quantitative estimate of drug-likeness (QED) is 0.832. The zero-order valence-corrected chi connectivity index (χ0v) is 12.3. The number of hydrogen-bond donors (Lipinski definition) is 2. The summed E-state index contributed by atoms with van der Waals surface area (Å²) in [6, 6.07) is 3.04. The third-order valence-electron chi connectivity index (χ3n) is 3.82. The van der Waals surface area contributed by atoms with Crippen molar-refractivity contribution in [3.05, 3.63) is 22.4 Å². The predicted octanol–water partition coefficient (Wildman–Crippen LogP) is 1.57. The van der Waals surface area contributed by atoms with Gasteiger partial charge >= 0.3 is 0 Å². The number of primary amides is 1. The van der Waals surface area contributed by atoms with E-state index in [0.717, 1.165) is 32.5 Å². The molecule has 106 valence electrons. The van der Waals surface area contributed by atoms with Crippen molar-refractivity contribution >= 4 is 17.2 Å². The molecule has 2 heterocycles. The number of carbonyl (C=O) groups excluding carboxylic acids is 1. The fraction of sp³-hybridized carbons (Fsp3) is 0.643. The highest BCUT2D eigenvalue weighted by Crippen LogP contribution is 2.15. The number of carbonyl (C=O) groups is 1. The van der Waals surface area contributed by atoms with Crippen LogP contribution in [0.3, 0.4) is 0 Å². The Labute approximate surface area is 119 Å². The van der Waals surface area contributed by atoms with Gasteiger partial charge in [-0.25, -0.2) is 0 Å². The lowest BCUT2D eigenvalue weighted by Gasteiger charge is -2.36. The van der Waals surface area contributed by atoms with Gasteiger partial charge in [0.25, 0.3) is 0 Å². The molecule has 0 bridgehead atoms. The van der Waals surface area contributed by atoms with E-state index in [4.69, 9.17) is 5.73 Å². The number of rotatable bonds is 6. The molecule has 0 saturated carbocycles. The van der Waals surface area contributed by atoms with Crippen LogP contribution in [-0.2, 0) is 11.3 Å². The van der Waals surface area contributed by atoms with Crippen LogP contribution in [0.15, 0.2) is 16.8 Å². The van der Waals surface area contributed by atoms with E-state index in [1.165, 1.54) is 5.56 Å². The summed E-state index contributed by atoms with van der Waals surface area (Å²) in [6.45, 7) is 5.15. The Bertz CT molecular complexity index is 385. The molecule has 0 spiro atoms. The number of thiophene rings is 1. The molecule has 1 aromatic rings. The van der Waals surface area contributed by atoms with E-state index in [0.29, 0.717) is 12.5 Å². The smallest absolute Gasteiger partial charge is 0.218 e. The molecule has 2 rings (SSSR count). The largest absolute Gasteiger partial charge is 0.370 e. The fourth-order valence-corrected chi connectivity index (χ4v) is 3.29. The molecule has 0 radical (unpaired) electrons. The summed E-state index contributed by atoms with van der Waals surface area (Å²) in [4.78, 5) is 13.3. The van der Waals surface area contributed by atoms with Gasteiger partial charge in [-0.15, -0.1) is 0 Å². The van der Waals surface area contributed by atoms with Crippen molar-refractivity contribution in [3.8, 4) is 0 Å². The zero-order chi connectivity index (χ0) is 13.7. The Morgan fingerprint density at radius 1 is 1.58 bits per heavy atom. The highest BCUT2D eigenvalue weighted by atomic mass is 32.1. The van der Waals surface area contributed by atoms with Crippen molar-refractivity contribution in [3.63, 3.8) is 0 Å². The lowest BCUT2D eigenvalue weighted by atomic mass is 10.0. The number of amides is 1. The van der Waals surface area contributed by atoms with E-state index >= 15 is 0 Å². The molecule has 1 aliphatic rings. The Balaban J connectivity index is 1.68. The van der Waals surface area contributed by atoms with Gasteiger partial charge in [0.2, 0.25) is 5.91 Å². The SMILES string of the molecule is C[C@H](CC(N)=O)N1CCC(NCc2ccsc2)CC1. The van der Waals surface area contributed by atoms with Gasteiger partial charge in [-0.2, -0.15) is 11.3 Å². The van der Waals surface area contributed by atoms with Crippen LogP contribution in [0.5, 0.6) is 0 Å². The third-order valence-corrected chi connectivity index (χ3v) is 4.56. The normalized spacial score (nSPS) is 19.4. The molecule has 0 unspecified atom stereocenters. The Kier molecular flexibility index (Phi) is 5.36. The van der Waals surface area contributed by atoms with Crippen LogP contribution in [0, 0.1) is 0 Å². The van der Waals surface area contributed by atoms with Crippen molar-refractivity contribution in [1.29, 1.82) is 0 Å². The molecular weight excluding hydrogens is 258 g/mol. The molecular formula is C14H23N3OS. The van der Waals surface area contributed by atoms with Gasteiger partial charge in [0.05, 0.1) is 0 Å². The molecule has 1 saturated heterocycles. The van der Waals surface area contributed by atoms with Crippen molar-refractivity contribution in [2.24, 2.45) is 5.73 Å². The highest BCUT2D eigenvalue weighted by molar-refractivity contribution is 7.07. The van der Waals surface area contributed by atoms with Crippen molar-refractivity contribution < 1.29 is 4.79 Å². The number of nitrogens with one attached hydrogen (secondary N) is 1. The van der Waals surface area contributed by atoms with Crippen LogP contribution in [0.1, 0.15) is 31.7 Å². The summed E-state index contributed by atoms with van der Waals surface area (Å²) in [7, 11) is 0. The summed E-state index contributed by atoms with van der Waals surface area (Å²) in [5.74, 6) is -0.204. The van der Waals surface area contributed by atoms with Gasteiger partial charge in [-0.3, -0.25) is 4.79 Å². The number of likely N-dealkylation sites (tertiary alicyclic amines) is 1. The van der Waals surface area contributed by atoms with Gasteiger partial charge in [0.1, 0.15) is 0 Å². The minimum absolute atomic E-state index is 0.204. The first-order valence-electron chi connectivity index (χ1n) is 6.92. The second kappa shape index (κ2) is 7.03. The number of hydrogen-bond acceptors (Lipinski definition) is 4. The first-order valence-corrected chi connectivity index (χ1v) is 7.86. The maximum absolute atomic E-state index is 10.9. The molecule has 1 amide bonds. The van der Waals surface area contributed by atoms with Gasteiger partial charge in [-0.05, 0) is 55.2 Å². The molecule has 5 heteroatoms.